The van der Waals surface area contributed by atoms with E-state index in [4.69, 9.17) is 5.73 Å². The molecule has 1 saturated carbocycles. The third-order valence-electron chi connectivity index (χ3n) is 3.65. The number of amides is 1. The minimum absolute atomic E-state index is 0.266. The van der Waals surface area contributed by atoms with Crippen LogP contribution in [-0.2, 0) is 17.4 Å². The van der Waals surface area contributed by atoms with Crippen molar-refractivity contribution in [3.63, 3.8) is 0 Å². The predicted octanol–water partition coefficient (Wildman–Crippen LogP) is 3.18. The van der Waals surface area contributed by atoms with Crippen LogP contribution in [0, 0.1) is 0 Å². The molecule has 3 rings (SSSR count). The van der Waals surface area contributed by atoms with Gasteiger partial charge in [0.25, 0.3) is 0 Å². The first-order valence-electron chi connectivity index (χ1n) is 6.97. The van der Waals surface area contributed by atoms with Gasteiger partial charge in [0.05, 0.1) is 11.1 Å². The van der Waals surface area contributed by atoms with E-state index in [0.717, 1.165) is 17.0 Å². The van der Waals surface area contributed by atoms with Gasteiger partial charge in [0.1, 0.15) is 0 Å². The molecule has 0 bridgehead atoms. The summed E-state index contributed by atoms with van der Waals surface area (Å²) in [5.74, 6) is -0.266. The Morgan fingerprint density at radius 3 is 2.78 bits per heavy atom. The van der Waals surface area contributed by atoms with E-state index in [-0.39, 0.29) is 5.91 Å². The highest BCUT2D eigenvalue weighted by molar-refractivity contribution is 7.15. The summed E-state index contributed by atoms with van der Waals surface area (Å²) in [5.41, 5.74) is 4.87. The van der Waals surface area contributed by atoms with E-state index in [9.17, 15) is 18.0 Å². The quantitative estimate of drug-likeness (QED) is 0.897. The molecule has 1 aliphatic carbocycles. The number of alkyl halides is 3. The van der Waals surface area contributed by atoms with Crippen LogP contribution in [0.4, 0.5) is 18.3 Å². The normalized spacial score (nSPS) is 16.2. The van der Waals surface area contributed by atoms with E-state index in [2.05, 4.69) is 10.3 Å². The molecule has 4 nitrogen and oxygen atoms in total. The second kappa shape index (κ2) is 5.61. The number of hydrogen-bond acceptors (Lipinski definition) is 4. The molecular weight excluding hydrogens is 327 g/mol. The van der Waals surface area contributed by atoms with Crippen molar-refractivity contribution in [3.8, 4) is 0 Å². The van der Waals surface area contributed by atoms with Gasteiger partial charge in [-0.25, -0.2) is 4.98 Å². The summed E-state index contributed by atoms with van der Waals surface area (Å²) in [7, 11) is 0. The third-order valence-corrected chi connectivity index (χ3v) is 4.56. The van der Waals surface area contributed by atoms with Crippen LogP contribution >= 0.6 is 11.3 Å². The van der Waals surface area contributed by atoms with E-state index in [0.29, 0.717) is 30.0 Å². The van der Waals surface area contributed by atoms with Crippen LogP contribution in [0.5, 0.6) is 0 Å². The predicted molar refractivity (Wildman–Crippen MR) is 81.1 cm³/mol. The Balaban J connectivity index is 1.68. The number of hydrogen-bond donors (Lipinski definition) is 2. The van der Waals surface area contributed by atoms with Gasteiger partial charge in [0.2, 0.25) is 5.91 Å². The molecule has 1 aromatic carbocycles. The largest absolute Gasteiger partial charge is 0.416 e. The molecule has 23 heavy (non-hydrogen) atoms. The summed E-state index contributed by atoms with van der Waals surface area (Å²) in [5, 5.41) is 3.06. The lowest BCUT2D eigenvalue weighted by atomic mass is 10.1. The van der Waals surface area contributed by atoms with Crippen molar-refractivity contribution in [2.75, 3.05) is 5.32 Å². The average Bonchev–Trinajstić information content (AvgIpc) is 3.09. The first-order valence-corrected chi connectivity index (χ1v) is 7.79. The van der Waals surface area contributed by atoms with Crippen molar-refractivity contribution in [3.05, 3.63) is 46.5 Å². The fourth-order valence-electron chi connectivity index (χ4n) is 2.09. The first kappa shape index (κ1) is 15.9. The summed E-state index contributed by atoms with van der Waals surface area (Å²) in [6, 6.07) is 5.18. The Hall–Kier alpha value is -1.93. The molecule has 3 N–H and O–H groups in total. The van der Waals surface area contributed by atoms with Crippen LogP contribution in [-0.4, -0.2) is 16.4 Å². The standard InChI is InChI=1S/C15H14F3N3OS/c16-15(17,18)10-3-1-2-9(6-10)7-11-8-20-13(23-11)21-12(22)14(19)4-5-14/h1-3,6,8H,4-5,7,19H2,(H,20,21,22). The highest BCUT2D eigenvalue weighted by atomic mass is 32.1. The van der Waals surface area contributed by atoms with Gasteiger partial charge in [0.15, 0.2) is 5.13 Å². The lowest BCUT2D eigenvalue weighted by Crippen LogP contribution is -2.37. The fraction of sp³-hybridized carbons (Fsp3) is 0.333. The number of anilines is 1. The number of nitrogens with zero attached hydrogens (tertiary/aromatic N) is 1. The molecule has 2 aromatic rings. The minimum Gasteiger partial charge on any atom is -0.317 e. The Labute approximate surface area is 134 Å². The third kappa shape index (κ3) is 3.70. The summed E-state index contributed by atoms with van der Waals surface area (Å²) >= 11 is 1.23. The van der Waals surface area contributed by atoms with Crippen LogP contribution < -0.4 is 11.1 Å². The second-order valence-corrected chi connectivity index (χ2v) is 6.73. The Morgan fingerprint density at radius 2 is 2.13 bits per heavy atom. The Morgan fingerprint density at radius 1 is 1.39 bits per heavy atom. The molecule has 0 unspecified atom stereocenters. The van der Waals surface area contributed by atoms with Crippen LogP contribution in [0.15, 0.2) is 30.5 Å². The van der Waals surface area contributed by atoms with E-state index in [1.54, 1.807) is 12.3 Å². The summed E-state index contributed by atoms with van der Waals surface area (Å²) < 4.78 is 38.1. The number of carbonyl (C=O) groups is 1. The van der Waals surface area contributed by atoms with E-state index in [1.165, 1.54) is 17.4 Å². The highest BCUT2D eigenvalue weighted by Crippen LogP contribution is 2.34. The zero-order valence-corrected chi connectivity index (χ0v) is 12.8. The average molecular weight is 341 g/mol. The maximum Gasteiger partial charge on any atom is 0.416 e. The van der Waals surface area contributed by atoms with Gasteiger partial charge in [0, 0.05) is 17.5 Å². The molecule has 0 atom stereocenters. The van der Waals surface area contributed by atoms with Gasteiger partial charge in [-0.3, -0.25) is 4.79 Å². The molecule has 1 aromatic heterocycles. The maximum atomic E-state index is 12.7. The van der Waals surface area contributed by atoms with E-state index in [1.807, 2.05) is 0 Å². The Bertz CT molecular complexity index is 738. The van der Waals surface area contributed by atoms with Crippen molar-refractivity contribution >= 4 is 22.4 Å². The number of halogens is 3. The van der Waals surface area contributed by atoms with Gasteiger partial charge in [-0.1, -0.05) is 18.2 Å². The SMILES string of the molecule is NC1(C(=O)Nc2ncc(Cc3cccc(C(F)(F)F)c3)s2)CC1. The summed E-state index contributed by atoms with van der Waals surface area (Å²) in [6.45, 7) is 0. The smallest absolute Gasteiger partial charge is 0.317 e. The monoisotopic (exact) mass is 341 g/mol. The number of nitrogens with one attached hydrogen (secondary N) is 1. The van der Waals surface area contributed by atoms with Gasteiger partial charge < -0.3 is 11.1 Å². The van der Waals surface area contributed by atoms with Gasteiger partial charge in [-0.15, -0.1) is 11.3 Å². The van der Waals surface area contributed by atoms with Gasteiger partial charge in [-0.05, 0) is 24.5 Å². The topological polar surface area (TPSA) is 68.0 Å². The van der Waals surface area contributed by atoms with E-state index < -0.39 is 17.3 Å². The number of benzene rings is 1. The molecule has 0 saturated heterocycles. The molecule has 0 radical (unpaired) electrons. The van der Waals surface area contributed by atoms with Crippen LogP contribution in [0.3, 0.4) is 0 Å². The number of nitrogens with two attached hydrogens (primary N) is 1. The first-order chi connectivity index (χ1) is 10.8. The second-order valence-electron chi connectivity index (χ2n) is 5.62. The molecule has 122 valence electrons. The van der Waals surface area contributed by atoms with Gasteiger partial charge in [-0.2, -0.15) is 13.2 Å². The van der Waals surface area contributed by atoms with Crippen LogP contribution in [0.1, 0.15) is 28.8 Å². The van der Waals surface area contributed by atoms with E-state index >= 15 is 0 Å². The molecule has 1 fully saturated rings. The number of thiazole rings is 1. The molecule has 1 heterocycles. The zero-order valence-electron chi connectivity index (χ0n) is 12.0. The minimum atomic E-state index is -4.36. The fourth-order valence-corrected chi connectivity index (χ4v) is 2.93. The lowest BCUT2D eigenvalue weighted by molar-refractivity contribution is -0.137. The van der Waals surface area contributed by atoms with Crippen LogP contribution in [0.2, 0.25) is 0 Å². The number of carbonyl (C=O) groups excluding carboxylic acids is 1. The molecule has 0 aliphatic heterocycles. The van der Waals surface area contributed by atoms with Gasteiger partial charge >= 0.3 is 6.18 Å². The maximum absolute atomic E-state index is 12.7. The zero-order chi connectivity index (χ0) is 16.7. The number of aromatic nitrogens is 1. The van der Waals surface area contributed by atoms with Crippen molar-refractivity contribution < 1.29 is 18.0 Å². The van der Waals surface area contributed by atoms with Crippen molar-refractivity contribution in [2.24, 2.45) is 5.73 Å². The molecule has 8 heteroatoms. The molecule has 0 spiro atoms. The molecule has 1 aliphatic rings. The lowest BCUT2D eigenvalue weighted by Gasteiger charge is -2.08. The molecular formula is C15H14F3N3OS. The number of rotatable bonds is 4. The molecule has 1 amide bonds. The van der Waals surface area contributed by atoms with Crippen LogP contribution in [0.25, 0.3) is 0 Å². The van der Waals surface area contributed by atoms with Crippen molar-refractivity contribution in [1.82, 2.24) is 4.98 Å². The highest BCUT2D eigenvalue weighted by Gasteiger charge is 2.46. The Kier molecular flexibility index (Phi) is 3.89. The van der Waals surface area contributed by atoms with Crippen molar-refractivity contribution in [2.45, 2.75) is 31.0 Å². The summed E-state index contributed by atoms with van der Waals surface area (Å²) in [6.07, 6.45) is -1.17. The van der Waals surface area contributed by atoms with Crippen molar-refractivity contribution in [1.29, 1.82) is 0 Å². The summed E-state index contributed by atoms with van der Waals surface area (Å²) in [4.78, 5) is 16.7.